The van der Waals surface area contributed by atoms with E-state index in [9.17, 15) is 20.1 Å². The number of aromatic nitrogens is 2. The Bertz CT molecular complexity index is 2220. The van der Waals surface area contributed by atoms with Gasteiger partial charge in [-0.2, -0.15) is 0 Å². The molecular weight excluding hydrogens is 713 g/mol. The molecule has 0 fully saturated rings. The minimum absolute atomic E-state index is 0.0172. The number of phenolic OH excluding ortho intramolecular Hbond substituents is 2. The molecule has 0 aliphatic rings. The van der Waals surface area contributed by atoms with E-state index in [4.69, 9.17) is 9.47 Å². The Balaban J connectivity index is 1.31. The molecule has 8 nitrogen and oxygen atoms in total. The number of aliphatic hydroxyl groups excluding tert-OH is 1. The molecule has 0 spiro atoms. The van der Waals surface area contributed by atoms with Crippen molar-refractivity contribution in [3.05, 3.63) is 142 Å². The van der Waals surface area contributed by atoms with Gasteiger partial charge in [0.2, 0.25) is 0 Å². The lowest BCUT2D eigenvalue weighted by Crippen LogP contribution is -2.31. The molecule has 0 saturated heterocycles. The van der Waals surface area contributed by atoms with Crippen LogP contribution < -0.4 is 9.47 Å². The minimum atomic E-state index is -0.948. The number of ether oxygens (including phenoxy) is 2. The van der Waals surface area contributed by atoms with E-state index in [-0.39, 0.29) is 29.6 Å². The molecule has 4 aromatic carbocycles. The van der Waals surface area contributed by atoms with E-state index >= 15 is 0 Å². The highest BCUT2D eigenvalue weighted by atomic mass is 16.5. The van der Waals surface area contributed by atoms with Gasteiger partial charge in [0.1, 0.15) is 5.78 Å². The number of aliphatic hydroxyl groups is 1. The number of methoxy groups -OCH3 is 2. The molecule has 5 N–H and O–H groups in total. The number of fused-ring (bicyclic) bond motifs is 1. The third-order valence-electron chi connectivity index (χ3n) is 11.5. The van der Waals surface area contributed by atoms with Crippen LogP contribution in [-0.2, 0) is 49.7 Å². The summed E-state index contributed by atoms with van der Waals surface area (Å²) < 4.78 is 11.3. The maximum atomic E-state index is 14.5. The Morgan fingerprint density at radius 3 is 2.30 bits per heavy atom. The molecular formula is C49H58N2O6. The number of ketones is 1. The fourth-order valence-electron chi connectivity index (χ4n) is 8.36. The van der Waals surface area contributed by atoms with Gasteiger partial charge in [-0.1, -0.05) is 75.2 Å². The molecule has 2 heterocycles. The number of benzene rings is 4. The minimum Gasteiger partial charge on any atom is -0.504 e. The zero-order valence-electron chi connectivity index (χ0n) is 33.8. The van der Waals surface area contributed by atoms with Crippen LogP contribution in [0.5, 0.6) is 23.0 Å². The Kier molecular flexibility index (Phi) is 14.2. The van der Waals surface area contributed by atoms with Crippen LogP contribution in [0.1, 0.15) is 84.2 Å². The zero-order valence-corrected chi connectivity index (χ0v) is 33.8. The van der Waals surface area contributed by atoms with Crippen LogP contribution in [0.2, 0.25) is 0 Å². The number of Topliss-reactive ketones (excluding diaryl/α,β-unsaturated/α-hetero) is 1. The Hall–Kier alpha value is -5.47. The molecule has 0 radical (unpaired) electrons. The first-order valence-electron chi connectivity index (χ1n) is 20.4. The number of H-pyrrole nitrogens is 2. The standard InChI is InChI=1S/C49H58N2O6/c1-5-7-8-12-40-25-34(31-51-40)24-38(22-32-14-18-44(52)48(26-32)56-3)46(54)29-47(55)39(23-33-20-21-50-30-33)27-37-17-19-45(53)49(57-4)43(37)28-42-35(6-2)15-16-36-11-9-10-13-41(36)42/h9-11,13-21,25-26,30-31,38-39,47,50-53,55H,5-8,12,22-24,27-29H2,1-4H3/t38-,39-,47-/m1/s1. The predicted octanol–water partition coefficient (Wildman–Crippen LogP) is 9.63. The summed E-state index contributed by atoms with van der Waals surface area (Å²) in [6.07, 6.45) is 12.6. The van der Waals surface area contributed by atoms with Crippen molar-refractivity contribution in [1.82, 2.24) is 9.97 Å². The van der Waals surface area contributed by atoms with Crippen LogP contribution in [0.25, 0.3) is 10.8 Å². The van der Waals surface area contributed by atoms with Crippen LogP contribution in [-0.4, -0.2) is 51.4 Å². The van der Waals surface area contributed by atoms with Gasteiger partial charge < -0.3 is 34.8 Å². The monoisotopic (exact) mass is 770 g/mol. The van der Waals surface area contributed by atoms with E-state index < -0.39 is 12.0 Å². The van der Waals surface area contributed by atoms with Crippen molar-refractivity contribution in [2.24, 2.45) is 11.8 Å². The fourth-order valence-corrected chi connectivity index (χ4v) is 8.36. The van der Waals surface area contributed by atoms with Crippen molar-refractivity contribution in [3.63, 3.8) is 0 Å². The largest absolute Gasteiger partial charge is 0.504 e. The summed E-state index contributed by atoms with van der Waals surface area (Å²) in [5, 5.41) is 35.8. The van der Waals surface area contributed by atoms with E-state index in [0.717, 1.165) is 70.0 Å². The summed E-state index contributed by atoms with van der Waals surface area (Å²) in [4.78, 5) is 21.1. The van der Waals surface area contributed by atoms with Crippen LogP contribution in [0.3, 0.4) is 0 Å². The highest BCUT2D eigenvalue weighted by molar-refractivity contribution is 5.87. The smallest absolute Gasteiger partial charge is 0.164 e. The quantitative estimate of drug-likeness (QED) is 0.0464. The lowest BCUT2D eigenvalue weighted by Gasteiger charge is -2.26. The molecule has 57 heavy (non-hydrogen) atoms. The molecule has 3 atom stereocenters. The summed E-state index contributed by atoms with van der Waals surface area (Å²) >= 11 is 0. The van der Waals surface area contributed by atoms with E-state index in [0.29, 0.717) is 43.6 Å². The fraction of sp³-hybridized carbons (Fsp3) is 0.367. The van der Waals surface area contributed by atoms with Crippen LogP contribution in [0.4, 0.5) is 0 Å². The Morgan fingerprint density at radius 1 is 0.754 bits per heavy atom. The molecule has 0 bridgehead atoms. The molecule has 0 unspecified atom stereocenters. The number of aromatic hydroxyl groups is 2. The summed E-state index contributed by atoms with van der Waals surface area (Å²) in [5.74, 6) is 0.157. The highest BCUT2D eigenvalue weighted by Gasteiger charge is 2.29. The molecule has 0 aliphatic heterocycles. The van der Waals surface area contributed by atoms with Gasteiger partial charge >= 0.3 is 0 Å². The van der Waals surface area contributed by atoms with Gasteiger partial charge in [-0.25, -0.2) is 0 Å². The van der Waals surface area contributed by atoms with Crippen molar-refractivity contribution in [3.8, 4) is 23.0 Å². The predicted molar refractivity (Wildman–Crippen MR) is 228 cm³/mol. The molecule has 0 saturated carbocycles. The van der Waals surface area contributed by atoms with Crippen LogP contribution in [0.15, 0.2) is 97.5 Å². The van der Waals surface area contributed by atoms with E-state index in [1.54, 1.807) is 25.3 Å². The van der Waals surface area contributed by atoms with Crippen molar-refractivity contribution >= 4 is 16.6 Å². The van der Waals surface area contributed by atoms with Gasteiger partial charge in [-0.15, -0.1) is 0 Å². The first-order valence-corrected chi connectivity index (χ1v) is 20.4. The lowest BCUT2D eigenvalue weighted by molar-refractivity contribution is -0.125. The zero-order chi connectivity index (χ0) is 40.3. The van der Waals surface area contributed by atoms with E-state index in [1.807, 2.05) is 42.9 Å². The number of aromatic amines is 2. The maximum Gasteiger partial charge on any atom is 0.164 e. The molecule has 0 aliphatic carbocycles. The summed E-state index contributed by atoms with van der Waals surface area (Å²) in [6, 6.07) is 25.7. The lowest BCUT2D eigenvalue weighted by atomic mass is 9.81. The second kappa shape index (κ2) is 19.6. The van der Waals surface area contributed by atoms with Gasteiger partial charge in [0.25, 0.3) is 0 Å². The number of nitrogens with one attached hydrogen (secondary N) is 2. The first kappa shape index (κ1) is 41.2. The molecule has 6 aromatic rings. The summed E-state index contributed by atoms with van der Waals surface area (Å²) in [7, 11) is 3.10. The van der Waals surface area contributed by atoms with Crippen LogP contribution >= 0.6 is 0 Å². The first-order chi connectivity index (χ1) is 27.7. The average molecular weight is 771 g/mol. The molecule has 2 aromatic heterocycles. The topological polar surface area (TPSA) is 128 Å². The number of unbranched alkanes of at least 4 members (excludes halogenated alkanes) is 2. The SMILES string of the molecule is CCCCCc1cc(C[C@@H](Cc2ccc(O)c(OC)c2)C(=O)C[C@@H](O)[C@H](Cc2cc[nH]c2)Cc2ccc(O)c(OC)c2Cc2c(CC)ccc3ccccc23)c[nH]1. The number of hydrogen-bond acceptors (Lipinski definition) is 6. The van der Waals surface area contributed by atoms with E-state index in [1.165, 1.54) is 24.7 Å². The normalized spacial score (nSPS) is 13.1. The molecule has 0 amide bonds. The Morgan fingerprint density at radius 2 is 1.54 bits per heavy atom. The molecule has 6 rings (SSSR count). The van der Waals surface area contributed by atoms with Gasteiger partial charge in [-0.3, -0.25) is 4.79 Å². The average Bonchev–Trinajstić information content (AvgIpc) is 3.91. The highest BCUT2D eigenvalue weighted by Crippen LogP contribution is 2.38. The van der Waals surface area contributed by atoms with Gasteiger partial charge in [0.15, 0.2) is 23.0 Å². The van der Waals surface area contributed by atoms with Crippen molar-refractivity contribution in [2.75, 3.05) is 14.2 Å². The number of phenols is 2. The second-order valence-electron chi connectivity index (χ2n) is 15.4. The summed E-state index contributed by atoms with van der Waals surface area (Å²) in [6.45, 7) is 4.35. The molecule has 8 heteroatoms. The maximum absolute atomic E-state index is 14.5. The summed E-state index contributed by atoms with van der Waals surface area (Å²) in [5.41, 5.74) is 8.39. The van der Waals surface area contributed by atoms with Gasteiger partial charge in [0, 0.05) is 48.6 Å². The number of rotatable bonds is 21. The number of hydrogen-bond donors (Lipinski definition) is 5. The molecule has 300 valence electrons. The van der Waals surface area contributed by atoms with Crippen molar-refractivity contribution < 1.29 is 29.6 Å². The van der Waals surface area contributed by atoms with Crippen molar-refractivity contribution in [2.45, 2.75) is 90.6 Å². The van der Waals surface area contributed by atoms with Gasteiger partial charge in [0.05, 0.1) is 20.3 Å². The second-order valence-corrected chi connectivity index (χ2v) is 15.4. The third-order valence-corrected chi connectivity index (χ3v) is 11.5. The van der Waals surface area contributed by atoms with E-state index in [2.05, 4.69) is 60.2 Å². The Labute approximate surface area is 336 Å². The van der Waals surface area contributed by atoms with Crippen LogP contribution in [0, 0.1) is 11.8 Å². The number of carbonyl (C=O) groups is 1. The number of carbonyl (C=O) groups excluding carboxylic acids is 1. The third kappa shape index (κ3) is 10.3. The number of aryl methyl sites for hydroxylation is 2. The van der Waals surface area contributed by atoms with Gasteiger partial charge in [-0.05, 0) is 125 Å². The van der Waals surface area contributed by atoms with Crippen molar-refractivity contribution in [1.29, 1.82) is 0 Å².